The van der Waals surface area contributed by atoms with Crippen molar-refractivity contribution in [2.75, 3.05) is 13.9 Å². The van der Waals surface area contributed by atoms with E-state index in [2.05, 4.69) is 31.4 Å². The molecule has 4 aromatic carbocycles. The minimum atomic E-state index is -0.593. The van der Waals surface area contributed by atoms with E-state index in [1.807, 2.05) is 24.3 Å². The summed E-state index contributed by atoms with van der Waals surface area (Å²) < 4.78 is 22.3. The Morgan fingerprint density at radius 1 is 0.977 bits per heavy atom. The molecule has 216 valence electrons. The number of nitrogens with one attached hydrogen (secondary N) is 2. The molecule has 1 aromatic heterocycles. The van der Waals surface area contributed by atoms with Crippen molar-refractivity contribution in [2.45, 2.75) is 0 Å². The van der Waals surface area contributed by atoms with Gasteiger partial charge in [-0.1, -0.05) is 57.3 Å². The normalized spacial score (nSPS) is 12.1. The van der Waals surface area contributed by atoms with Crippen molar-refractivity contribution in [1.82, 2.24) is 10.4 Å². The fourth-order valence-electron chi connectivity index (χ4n) is 4.59. The van der Waals surface area contributed by atoms with Crippen molar-refractivity contribution >= 4 is 68.1 Å². The highest BCUT2D eigenvalue weighted by Gasteiger charge is 2.23. The molecule has 2 N–H and O–H groups in total. The molecule has 0 spiro atoms. The average Bonchev–Trinajstić information content (AvgIpc) is 3.63. The van der Waals surface area contributed by atoms with Gasteiger partial charge in [-0.25, -0.2) is 10.2 Å². The number of H-pyrrole nitrogens is 1. The van der Waals surface area contributed by atoms with E-state index in [-0.39, 0.29) is 18.2 Å². The average molecular weight is 681 g/mol. The summed E-state index contributed by atoms with van der Waals surface area (Å²) in [6.07, 6.45) is 1.44. The minimum Gasteiger partial charge on any atom is -0.493 e. The van der Waals surface area contributed by atoms with Crippen molar-refractivity contribution in [1.29, 1.82) is 0 Å². The number of methoxy groups -OCH3 is 1. The molecule has 0 saturated carbocycles. The van der Waals surface area contributed by atoms with Crippen LogP contribution in [-0.2, 0) is 0 Å². The molecule has 1 aliphatic rings. The number of hydrazone groups is 1. The summed E-state index contributed by atoms with van der Waals surface area (Å²) in [5.74, 6) is 0.433. The van der Waals surface area contributed by atoms with Crippen LogP contribution in [0.1, 0.15) is 26.4 Å². The topological polar surface area (TPSA) is 111 Å². The van der Waals surface area contributed by atoms with E-state index in [1.165, 1.54) is 13.3 Å². The lowest BCUT2D eigenvalue weighted by Gasteiger charge is -2.10. The number of ether oxygens (including phenoxy) is 4. The number of rotatable bonds is 7. The summed E-state index contributed by atoms with van der Waals surface area (Å²) in [7, 11) is 1.45. The number of amides is 1. The second kappa shape index (κ2) is 12.0. The highest BCUT2D eigenvalue weighted by molar-refractivity contribution is 9.10. The number of nitrogens with zero attached hydrogens (tertiary/aromatic N) is 1. The quantitative estimate of drug-likeness (QED) is 0.0792. The molecule has 12 heteroatoms. The summed E-state index contributed by atoms with van der Waals surface area (Å²) >= 11 is 16.5. The van der Waals surface area contributed by atoms with Crippen LogP contribution in [0.15, 0.2) is 82.4 Å². The van der Waals surface area contributed by atoms with Gasteiger partial charge in [-0.2, -0.15) is 5.10 Å². The maximum atomic E-state index is 13.4. The number of aromatic amines is 1. The smallest absolute Gasteiger partial charge is 0.343 e. The SMILES string of the molecule is COc1cc(C=NNC(=O)c2[nH]c3c(Cl)cc(Br)cc3c2-c2ccccc2Cl)ccc1OC(=O)c1ccc2c(c1)OCO2. The largest absolute Gasteiger partial charge is 0.493 e. The number of hydrogen-bond donors (Lipinski definition) is 2. The van der Waals surface area contributed by atoms with E-state index < -0.39 is 11.9 Å². The zero-order valence-corrected chi connectivity index (χ0v) is 25.3. The third kappa shape index (κ3) is 5.77. The second-order valence-corrected chi connectivity index (χ2v) is 11.0. The van der Waals surface area contributed by atoms with Crippen molar-refractivity contribution in [2.24, 2.45) is 5.10 Å². The van der Waals surface area contributed by atoms with E-state index in [0.717, 1.165) is 9.86 Å². The highest BCUT2D eigenvalue weighted by atomic mass is 79.9. The van der Waals surface area contributed by atoms with Gasteiger partial charge in [0, 0.05) is 26.0 Å². The Morgan fingerprint density at radius 2 is 1.79 bits per heavy atom. The van der Waals surface area contributed by atoms with Crippen molar-refractivity contribution in [3.8, 4) is 34.1 Å². The predicted octanol–water partition coefficient (Wildman–Crippen LogP) is 7.62. The van der Waals surface area contributed by atoms with Gasteiger partial charge in [-0.3, -0.25) is 4.79 Å². The molecule has 0 saturated heterocycles. The second-order valence-electron chi connectivity index (χ2n) is 9.23. The van der Waals surface area contributed by atoms with Gasteiger partial charge in [-0.05, 0) is 60.2 Å². The van der Waals surface area contributed by atoms with E-state index in [0.29, 0.717) is 55.1 Å². The van der Waals surface area contributed by atoms with E-state index in [1.54, 1.807) is 48.5 Å². The summed E-state index contributed by atoms with van der Waals surface area (Å²) in [5, 5.41) is 5.76. The number of carbonyl (C=O) groups excluding carboxylic acids is 2. The monoisotopic (exact) mass is 679 g/mol. The first-order valence-electron chi connectivity index (χ1n) is 12.7. The van der Waals surface area contributed by atoms with Gasteiger partial charge in [0.15, 0.2) is 23.0 Å². The molecular formula is C31H20BrCl2N3O6. The zero-order valence-electron chi connectivity index (χ0n) is 22.2. The van der Waals surface area contributed by atoms with Gasteiger partial charge in [0.1, 0.15) is 5.69 Å². The summed E-state index contributed by atoms with van der Waals surface area (Å²) in [6.45, 7) is 0.0990. The first kappa shape index (κ1) is 28.6. The number of carbonyl (C=O) groups is 2. The van der Waals surface area contributed by atoms with Crippen LogP contribution >= 0.6 is 39.1 Å². The number of fused-ring (bicyclic) bond motifs is 2. The third-order valence-corrected chi connectivity index (χ3v) is 7.66. The van der Waals surface area contributed by atoms with Crippen LogP contribution in [0.2, 0.25) is 10.0 Å². The van der Waals surface area contributed by atoms with Crippen LogP contribution in [0.5, 0.6) is 23.0 Å². The molecule has 43 heavy (non-hydrogen) atoms. The molecule has 1 aliphatic heterocycles. The lowest BCUT2D eigenvalue weighted by atomic mass is 10.0. The van der Waals surface area contributed by atoms with E-state index in [9.17, 15) is 9.59 Å². The highest BCUT2D eigenvalue weighted by Crippen LogP contribution is 2.40. The number of esters is 1. The van der Waals surface area contributed by atoms with Crippen LogP contribution in [0.4, 0.5) is 0 Å². The van der Waals surface area contributed by atoms with Gasteiger partial charge < -0.3 is 23.9 Å². The Bertz CT molecular complexity index is 1940. The number of halogens is 3. The van der Waals surface area contributed by atoms with Crippen molar-refractivity contribution in [3.63, 3.8) is 0 Å². The van der Waals surface area contributed by atoms with Gasteiger partial charge in [0.25, 0.3) is 5.91 Å². The molecule has 5 aromatic rings. The maximum Gasteiger partial charge on any atom is 0.343 e. The molecular weight excluding hydrogens is 661 g/mol. The van der Waals surface area contributed by atoms with Crippen molar-refractivity contribution in [3.05, 3.63) is 104 Å². The summed E-state index contributed by atoms with van der Waals surface area (Å²) in [5.41, 5.74) is 5.50. The molecule has 0 atom stereocenters. The van der Waals surface area contributed by atoms with Gasteiger partial charge in [0.05, 0.1) is 29.4 Å². The third-order valence-electron chi connectivity index (χ3n) is 6.57. The number of benzene rings is 4. The Balaban J connectivity index is 1.22. The molecule has 9 nitrogen and oxygen atoms in total. The molecule has 0 radical (unpaired) electrons. The summed E-state index contributed by atoms with van der Waals surface area (Å²) in [4.78, 5) is 29.2. The fourth-order valence-corrected chi connectivity index (χ4v) is 5.67. The van der Waals surface area contributed by atoms with Crippen molar-refractivity contribution < 1.29 is 28.5 Å². The predicted molar refractivity (Wildman–Crippen MR) is 167 cm³/mol. The number of aromatic nitrogens is 1. The van der Waals surface area contributed by atoms with Crippen LogP contribution in [0.3, 0.4) is 0 Å². The molecule has 0 bridgehead atoms. The van der Waals surface area contributed by atoms with Gasteiger partial charge in [-0.15, -0.1) is 0 Å². The first-order valence-corrected chi connectivity index (χ1v) is 14.3. The zero-order chi connectivity index (χ0) is 30.1. The fraction of sp³-hybridized carbons (Fsp3) is 0.0645. The van der Waals surface area contributed by atoms with Crippen LogP contribution in [-0.4, -0.2) is 37.0 Å². The lowest BCUT2D eigenvalue weighted by Crippen LogP contribution is -2.19. The Morgan fingerprint density at radius 3 is 2.60 bits per heavy atom. The van der Waals surface area contributed by atoms with Crippen LogP contribution in [0, 0.1) is 0 Å². The summed E-state index contributed by atoms with van der Waals surface area (Å²) in [6, 6.07) is 20.5. The molecule has 0 fully saturated rings. The molecule has 0 aliphatic carbocycles. The van der Waals surface area contributed by atoms with Gasteiger partial charge >= 0.3 is 5.97 Å². The Labute approximate surface area is 263 Å². The first-order chi connectivity index (χ1) is 20.8. The molecule has 2 heterocycles. The van der Waals surface area contributed by atoms with Crippen LogP contribution in [0.25, 0.3) is 22.0 Å². The van der Waals surface area contributed by atoms with E-state index >= 15 is 0 Å². The maximum absolute atomic E-state index is 13.4. The molecule has 6 rings (SSSR count). The lowest BCUT2D eigenvalue weighted by molar-refractivity contribution is 0.0729. The molecule has 1 amide bonds. The standard InChI is InChI=1S/C31H20BrCl2N3O6/c1-40-25-10-16(6-8-24(25)43-31(39)17-7-9-23-26(11-17)42-15-41-23)14-35-37-30(38)29-27(19-4-2-3-5-21(19)33)20-12-18(32)13-22(34)28(20)36-29/h2-14,36H,15H2,1H3,(H,37,38). The minimum absolute atomic E-state index is 0.0990. The molecule has 0 unspecified atom stereocenters. The van der Waals surface area contributed by atoms with E-state index in [4.69, 9.17) is 42.1 Å². The Hall–Kier alpha value is -4.51. The number of hydrogen-bond acceptors (Lipinski definition) is 7. The Kier molecular flexibility index (Phi) is 7.98. The van der Waals surface area contributed by atoms with Gasteiger partial charge in [0.2, 0.25) is 6.79 Å². The van der Waals surface area contributed by atoms with Crippen LogP contribution < -0.4 is 24.4 Å².